The lowest BCUT2D eigenvalue weighted by molar-refractivity contribution is -0.147. The normalized spacial score (nSPS) is 14.2. The molecular formula is C19H31N5O10. The fourth-order valence-electron chi connectivity index (χ4n) is 2.72. The molecule has 15 nitrogen and oxygen atoms in total. The van der Waals surface area contributed by atoms with Crippen molar-refractivity contribution in [1.29, 1.82) is 0 Å². The molecule has 0 aliphatic rings. The number of carbonyl (C=O) groups excluding carboxylic acids is 4. The largest absolute Gasteiger partial charge is 0.481 e. The number of hydrogen-bond acceptors (Lipinski definition) is 8. The number of amides is 4. The lowest BCUT2D eigenvalue weighted by Gasteiger charge is -2.25. The maximum Gasteiger partial charge on any atom is 0.326 e. The van der Waals surface area contributed by atoms with E-state index in [2.05, 4.69) is 10.6 Å². The van der Waals surface area contributed by atoms with Gasteiger partial charge in [-0.1, -0.05) is 13.8 Å². The van der Waals surface area contributed by atoms with E-state index in [1.54, 1.807) is 13.8 Å². The minimum absolute atomic E-state index is 0.00630. The SMILES string of the molecule is CC(C)CC(NC(=O)C(CC(N)=O)NC(=O)C(N)CCC(=O)O)C(=O)NC(CC(=O)O)C(=O)O. The summed E-state index contributed by atoms with van der Waals surface area (Å²) in [6, 6.07) is -5.96. The maximum atomic E-state index is 12.7. The number of nitrogens with two attached hydrogens (primary N) is 2. The average Bonchev–Trinajstić information content (AvgIpc) is 2.68. The zero-order valence-electron chi connectivity index (χ0n) is 18.8. The summed E-state index contributed by atoms with van der Waals surface area (Å²) < 4.78 is 0. The number of primary amides is 1. The van der Waals surface area contributed by atoms with E-state index < -0.39 is 85.0 Å². The summed E-state index contributed by atoms with van der Waals surface area (Å²) in [6.07, 6.45) is -2.23. The van der Waals surface area contributed by atoms with Gasteiger partial charge in [0.25, 0.3) is 0 Å². The van der Waals surface area contributed by atoms with Crippen LogP contribution in [0.15, 0.2) is 0 Å². The third-order valence-electron chi connectivity index (χ3n) is 4.38. The highest BCUT2D eigenvalue weighted by Gasteiger charge is 2.32. The van der Waals surface area contributed by atoms with Crippen LogP contribution in [0.1, 0.15) is 46.0 Å². The second kappa shape index (κ2) is 14.4. The van der Waals surface area contributed by atoms with Gasteiger partial charge in [-0.2, -0.15) is 0 Å². The standard InChI is InChI=1S/C19H31N5O10/c1-8(2)5-10(17(31)24-12(19(33)34)7-15(28)29)23-18(32)11(6-13(21)25)22-16(30)9(20)3-4-14(26)27/h8-12H,3-7,20H2,1-2H3,(H2,21,25)(H,22,30)(H,23,32)(H,24,31)(H,26,27)(H,28,29)(H,33,34). The van der Waals surface area contributed by atoms with Crippen LogP contribution in [0.25, 0.3) is 0 Å². The summed E-state index contributed by atoms with van der Waals surface area (Å²) in [7, 11) is 0. The van der Waals surface area contributed by atoms with Crippen LogP contribution in [0, 0.1) is 5.92 Å². The van der Waals surface area contributed by atoms with Gasteiger partial charge in [-0.25, -0.2) is 4.79 Å². The molecule has 0 radical (unpaired) electrons. The predicted molar refractivity (Wildman–Crippen MR) is 114 cm³/mol. The number of hydrogen-bond donors (Lipinski definition) is 8. The fourth-order valence-corrected chi connectivity index (χ4v) is 2.72. The Morgan fingerprint density at radius 3 is 1.68 bits per heavy atom. The highest BCUT2D eigenvalue weighted by atomic mass is 16.4. The van der Waals surface area contributed by atoms with E-state index in [-0.39, 0.29) is 18.8 Å². The molecule has 15 heteroatoms. The molecule has 10 N–H and O–H groups in total. The number of nitrogens with one attached hydrogen (secondary N) is 3. The molecule has 0 spiro atoms. The molecule has 4 atom stereocenters. The highest BCUT2D eigenvalue weighted by Crippen LogP contribution is 2.08. The highest BCUT2D eigenvalue weighted by molar-refractivity contribution is 5.96. The Labute approximate surface area is 194 Å². The third-order valence-corrected chi connectivity index (χ3v) is 4.38. The van der Waals surface area contributed by atoms with E-state index in [9.17, 15) is 33.6 Å². The molecule has 34 heavy (non-hydrogen) atoms. The molecule has 0 aliphatic carbocycles. The first-order chi connectivity index (χ1) is 15.6. The lowest BCUT2D eigenvalue weighted by atomic mass is 10.0. The minimum atomic E-state index is -1.76. The van der Waals surface area contributed by atoms with Crippen molar-refractivity contribution in [2.75, 3.05) is 0 Å². The van der Waals surface area contributed by atoms with E-state index in [1.807, 2.05) is 5.32 Å². The van der Waals surface area contributed by atoms with Crippen LogP contribution in [0.5, 0.6) is 0 Å². The van der Waals surface area contributed by atoms with E-state index >= 15 is 0 Å². The molecule has 0 aromatic carbocycles. The van der Waals surface area contributed by atoms with Crippen molar-refractivity contribution in [3.8, 4) is 0 Å². The molecule has 0 heterocycles. The van der Waals surface area contributed by atoms with Crippen molar-refractivity contribution in [3.63, 3.8) is 0 Å². The summed E-state index contributed by atoms with van der Waals surface area (Å²) in [5.74, 6) is -8.36. The Bertz CT molecular complexity index is 800. The topological polar surface area (TPSA) is 268 Å². The van der Waals surface area contributed by atoms with Crippen molar-refractivity contribution >= 4 is 41.5 Å². The van der Waals surface area contributed by atoms with E-state index in [0.717, 1.165) is 0 Å². The van der Waals surface area contributed by atoms with Crippen molar-refractivity contribution in [2.45, 2.75) is 70.1 Å². The third kappa shape index (κ3) is 12.3. The van der Waals surface area contributed by atoms with Gasteiger partial charge < -0.3 is 42.7 Å². The fraction of sp³-hybridized carbons (Fsp3) is 0.632. The molecule has 4 unspecified atom stereocenters. The number of aliphatic carboxylic acids is 3. The van der Waals surface area contributed by atoms with Crippen LogP contribution < -0.4 is 27.4 Å². The second-order valence-electron chi connectivity index (χ2n) is 7.96. The quantitative estimate of drug-likeness (QED) is 0.109. The molecular weight excluding hydrogens is 458 g/mol. The first-order valence-electron chi connectivity index (χ1n) is 10.2. The molecule has 0 fully saturated rings. The van der Waals surface area contributed by atoms with E-state index in [1.165, 1.54) is 0 Å². The summed E-state index contributed by atoms with van der Waals surface area (Å²) in [6.45, 7) is 3.39. The van der Waals surface area contributed by atoms with Crippen molar-refractivity contribution in [3.05, 3.63) is 0 Å². The molecule has 0 aliphatic heterocycles. The van der Waals surface area contributed by atoms with Gasteiger partial charge in [0.15, 0.2) is 0 Å². The zero-order valence-corrected chi connectivity index (χ0v) is 18.8. The van der Waals surface area contributed by atoms with Crippen molar-refractivity contribution in [2.24, 2.45) is 17.4 Å². The summed E-state index contributed by atoms with van der Waals surface area (Å²) >= 11 is 0. The van der Waals surface area contributed by atoms with Crippen LogP contribution in [-0.4, -0.2) is 81.0 Å². The van der Waals surface area contributed by atoms with Gasteiger partial charge in [0.05, 0.1) is 18.9 Å². The monoisotopic (exact) mass is 489 g/mol. The number of carbonyl (C=O) groups is 7. The van der Waals surface area contributed by atoms with Gasteiger partial charge in [-0.15, -0.1) is 0 Å². The van der Waals surface area contributed by atoms with Crippen LogP contribution >= 0.6 is 0 Å². The summed E-state index contributed by atoms with van der Waals surface area (Å²) in [4.78, 5) is 81.6. The smallest absolute Gasteiger partial charge is 0.326 e. The van der Waals surface area contributed by atoms with Gasteiger partial charge in [0, 0.05) is 6.42 Å². The molecule has 4 amide bonds. The number of carboxylic acid groups (broad SMARTS) is 3. The Hall–Kier alpha value is -3.75. The van der Waals surface area contributed by atoms with Crippen LogP contribution in [0.3, 0.4) is 0 Å². The second-order valence-corrected chi connectivity index (χ2v) is 7.96. The van der Waals surface area contributed by atoms with Gasteiger partial charge in [-0.05, 0) is 18.8 Å². The average molecular weight is 489 g/mol. The molecule has 192 valence electrons. The Balaban J connectivity index is 5.52. The van der Waals surface area contributed by atoms with Gasteiger partial charge in [0.1, 0.15) is 18.1 Å². The van der Waals surface area contributed by atoms with E-state index in [0.29, 0.717) is 0 Å². The lowest BCUT2D eigenvalue weighted by Crippen LogP contribution is -2.58. The van der Waals surface area contributed by atoms with Gasteiger partial charge >= 0.3 is 17.9 Å². The minimum Gasteiger partial charge on any atom is -0.481 e. The Kier molecular flexibility index (Phi) is 12.8. The Morgan fingerprint density at radius 2 is 1.24 bits per heavy atom. The number of rotatable bonds is 16. The maximum absolute atomic E-state index is 12.7. The van der Waals surface area contributed by atoms with Gasteiger partial charge in [0.2, 0.25) is 23.6 Å². The van der Waals surface area contributed by atoms with Crippen LogP contribution in [0.4, 0.5) is 0 Å². The molecule has 0 rings (SSSR count). The predicted octanol–water partition coefficient (Wildman–Crippen LogP) is -2.89. The Morgan fingerprint density at radius 1 is 0.735 bits per heavy atom. The van der Waals surface area contributed by atoms with Crippen LogP contribution in [0.2, 0.25) is 0 Å². The molecule has 0 aromatic rings. The van der Waals surface area contributed by atoms with E-state index in [4.69, 9.17) is 26.8 Å². The van der Waals surface area contributed by atoms with Crippen LogP contribution in [-0.2, 0) is 33.6 Å². The summed E-state index contributed by atoms with van der Waals surface area (Å²) in [5.41, 5.74) is 10.7. The first kappa shape index (κ1) is 30.2. The first-order valence-corrected chi connectivity index (χ1v) is 10.2. The van der Waals surface area contributed by atoms with Gasteiger partial charge in [-0.3, -0.25) is 28.8 Å². The molecule has 0 saturated carbocycles. The molecule has 0 aromatic heterocycles. The molecule has 0 bridgehead atoms. The zero-order chi connectivity index (χ0) is 26.6. The molecule has 0 saturated heterocycles. The van der Waals surface area contributed by atoms with Crippen molar-refractivity contribution < 1.29 is 48.9 Å². The summed E-state index contributed by atoms with van der Waals surface area (Å²) in [5, 5.41) is 33.1. The number of carboxylic acids is 3. The van der Waals surface area contributed by atoms with Crippen molar-refractivity contribution in [1.82, 2.24) is 16.0 Å².